The summed E-state index contributed by atoms with van der Waals surface area (Å²) in [6.45, 7) is 9.95. The molecule has 1 atom stereocenters. The van der Waals surface area contributed by atoms with Crippen LogP contribution in [0.1, 0.15) is 13.8 Å². The third-order valence-electron chi connectivity index (χ3n) is 1.97. The van der Waals surface area contributed by atoms with Gasteiger partial charge in [-0.2, -0.15) is 8.42 Å². The van der Waals surface area contributed by atoms with Crippen LogP contribution in [0.2, 0.25) is 0 Å². The Balaban J connectivity index is 4.93. The van der Waals surface area contributed by atoms with E-state index in [0.29, 0.717) is 0 Å². The van der Waals surface area contributed by atoms with Crippen LogP contribution in [0.5, 0.6) is 0 Å². The largest absolute Gasteiger partial charge is 0.449 e. The van der Waals surface area contributed by atoms with Crippen LogP contribution in [0.4, 0.5) is 0 Å². The quantitative estimate of drug-likeness (QED) is 0.530. The van der Waals surface area contributed by atoms with E-state index < -0.39 is 28.3 Å². The molecule has 0 bridgehead atoms. The van der Waals surface area contributed by atoms with E-state index in [1.165, 1.54) is 0 Å². The molecule has 18 heavy (non-hydrogen) atoms. The molecule has 0 radical (unpaired) electrons. The molecule has 0 fully saturated rings. The molecular weight excluding hydrogens is 262 g/mol. The van der Waals surface area contributed by atoms with Crippen molar-refractivity contribution < 1.29 is 26.7 Å². The van der Waals surface area contributed by atoms with Gasteiger partial charge in [0.1, 0.15) is 0 Å². The summed E-state index contributed by atoms with van der Waals surface area (Å²) >= 11 is 0. The Morgan fingerprint density at radius 3 is 2.22 bits per heavy atom. The van der Waals surface area contributed by atoms with Crippen molar-refractivity contribution in [2.75, 3.05) is 0 Å². The monoisotopic (exact) mass is 277 g/mol. The zero-order valence-corrected chi connectivity index (χ0v) is 10.9. The standard InChI is InChI=1S/C10H15NO6S/c1-5-8(12)11-9(6(2)3)7(4)10(13)17-18(14,15)16/h5-6,9H,1,4H2,2-3H3,(H,11,12)(H,14,15,16). The Bertz CT molecular complexity index is 465. The summed E-state index contributed by atoms with van der Waals surface area (Å²) in [5.74, 6) is -2.12. The smallest absolute Gasteiger partial charge is 0.345 e. The summed E-state index contributed by atoms with van der Waals surface area (Å²) in [7, 11) is -4.90. The summed E-state index contributed by atoms with van der Waals surface area (Å²) in [4.78, 5) is 22.5. The minimum absolute atomic E-state index is 0.240. The molecule has 8 heteroatoms. The maximum Gasteiger partial charge on any atom is 0.449 e. The highest BCUT2D eigenvalue weighted by molar-refractivity contribution is 7.81. The SMILES string of the molecule is C=CC(=O)NC(C(=C)C(=O)OS(=O)(=O)O)C(C)C. The molecule has 0 aromatic rings. The number of rotatable bonds is 6. The second-order valence-electron chi connectivity index (χ2n) is 3.76. The molecule has 2 N–H and O–H groups in total. The van der Waals surface area contributed by atoms with Crippen molar-refractivity contribution in [3.63, 3.8) is 0 Å². The van der Waals surface area contributed by atoms with Gasteiger partial charge in [-0.05, 0) is 12.0 Å². The fraction of sp³-hybridized carbons (Fsp3) is 0.400. The van der Waals surface area contributed by atoms with E-state index >= 15 is 0 Å². The van der Waals surface area contributed by atoms with E-state index in [9.17, 15) is 18.0 Å². The van der Waals surface area contributed by atoms with Crippen molar-refractivity contribution in [1.82, 2.24) is 5.32 Å². The molecule has 0 aliphatic rings. The second kappa shape index (κ2) is 6.31. The Morgan fingerprint density at radius 2 is 1.89 bits per heavy atom. The van der Waals surface area contributed by atoms with Crippen molar-refractivity contribution in [3.05, 3.63) is 24.8 Å². The molecule has 0 aromatic heterocycles. The summed E-state index contributed by atoms with van der Waals surface area (Å²) in [6, 6.07) is -0.829. The van der Waals surface area contributed by atoms with Crippen LogP contribution in [-0.2, 0) is 24.2 Å². The van der Waals surface area contributed by atoms with Gasteiger partial charge in [-0.3, -0.25) is 9.35 Å². The Hall–Kier alpha value is -1.67. The van der Waals surface area contributed by atoms with Gasteiger partial charge in [0.15, 0.2) is 0 Å². The third kappa shape index (κ3) is 5.60. The van der Waals surface area contributed by atoms with Crippen molar-refractivity contribution >= 4 is 22.3 Å². The highest BCUT2D eigenvalue weighted by Crippen LogP contribution is 2.13. The van der Waals surface area contributed by atoms with Gasteiger partial charge in [-0.25, -0.2) is 4.79 Å². The van der Waals surface area contributed by atoms with Crippen LogP contribution in [0.3, 0.4) is 0 Å². The van der Waals surface area contributed by atoms with Gasteiger partial charge in [0.2, 0.25) is 5.91 Å². The van der Waals surface area contributed by atoms with Gasteiger partial charge >= 0.3 is 16.4 Å². The predicted molar refractivity (Wildman–Crippen MR) is 63.7 cm³/mol. The van der Waals surface area contributed by atoms with E-state index in [1.807, 2.05) is 0 Å². The number of nitrogens with one attached hydrogen (secondary N) is 1. The number of amides is 1. The molecule has 0 heterocycles. The number of carbonyl (C=O) groups is 2. The molecule has 0 saturated heterocycles. The first-order valence-electron chi connectivity index (χ1n) is 4.91. The number of hydrogen-bond donors (Lipinski definition) is 2. The Morgan fingerprint density at radius 1 is 1.39 bits per heavy atom. The molecule has 0 aromatic carbocycles. The number of hydrogen-bond acceptors (Lipinski definition) is 5. The van der Waals surface area contributed by atoms with E-state index in [4.69, 9.17) is 4.55 Å². The second-order valence-corrected chi connectivity index (χ2v) is 4.78. The van der Waals surface area contributed by atoms with Crippen LogP contribution in [0.15, 0.2) is 24.8 Å². The zero-order valence-electron chi connectivity index (χ0n) is 10.0. The average molecular weight is 277 g/mol. The fourth-order valence-electron chi connectivity index (χ4n) is 1.14. The predicted octanol–water partition coefficient (Wildman–Crippen LogP) is 0.215. The van der Waals surface area contributed by atoms with Crippen molar-refractivity contribution in [2.45, 2.75) is 19.9 Å². The van der Waals surface area contributed by atoms with E-state index in [2.05, 4.69) is 22.7 Å². The Labute approximate surface area is 105 Å². The van der Waals surface area contributed by atoms with Gasteiger partial charge in [0.05, 0.1) is 11.6 Å². The fourth-order valence-corrected chi connectivity index (χ4v) is 1.44. The van der Waals surface area contributed by atoms with E-state index in [0.717, 1.165) is 6.08 Å². The zero-order chi connectivity index (χ0) is 14.5. The van der Waals surface area contributed by atoms with Crippen molar-refractivity contribution in [3.8, 4) is 0 Å². The van der Waals surface area contributed by atoms with E-state index in [-0.39, 0.29) is 11.5 Å². The van der Waals surface area contributed by atoms with Crippen LogP contribution in [0, 0.1) is 5.92 Å². The van der Waals surface area contributed by atoms with Crippen molar-refractivity contribution in [2.24, 2.45) is 5.92 Å². The maximum absolute atomic E-state index is 11.3. The molecule has 7 nitrogen and oxygen atoms in total. The highest BCUT2D eigenvalue weighted by Gasteiger charge is 2.27. The molecular formula is C10H15NO6S. The minimum Gasteiger partial charge on any atom is -0.345 e. The van der Waals surface area contributed by atoms with Crippen LogP contribution < -0.4 is 5.32 Å². The summed E-state index contributed by atoms with van der Waals surface area (Å²) in [5.41, 5.74) is -0.294. The normalized spacial score (nSPS) is 12.7. The van der Waals surface area contributed by atoms with E-state index in [1.54, 1.807) is 13.8 Å². The third-order valence-corrected chi connectivity index (χ3v) is 2.33. The highest BCUT2D eigenvalue weighted by atomic mass is 32.3. The summed E-state index contributed by atoms with van der Waals surface area (Å²) in [5, 5.41) is 2.40. The summed E-state index contributed by atoms with van der Waals surface area (Å²) < 4.78 is 32.9. The first-order valence-corrected chi connectivity index (χ1v) is 6.28. The van der Waals surface area contributed by atoms with Gasteiger partial charge in [0.25, 0.3) is 0 Å². The van der Waals surface area contributed by atoms with Gasteiger partial charge in [-0.1, -0.05) is 27.0 Å². The lowest BCUT2D eigenvalue weighted by atomic mass is 9.97. The molecule has 0 saturated carbocycles. The van der Waals surface area contributed by atoms with Gasteiger partial charge in [0, 0.05) is 0 Å². The van der Waals surface area contributed by atoms with Crippen LogP contribution in [0.25, 0.3) is 0 Å². The molecule has 102 valence electrons. The van der Waals surface area contributed by atoms with Crippen LogP contribution in [-0.4, -0.2) is 30.9 Å². The molecule has 0 aliphatic carbocycles. The summed E-state index contributed by atoms with van der Waals surface area (Å²) in [6.07, 6.45) is 0.997. The van der Waals surface area contributed by atoms with Gasteiger partial charge < -0.3 is 9.50 Å². The molecule has 0 aliphatic heterocycles. The average Bonchev–Trinajstić information content (AvgIpc) is 2.21. The molecule has 0 spiro atoms. The molecule has 1 unspecified atom stereocenters. The maximum atomic E-state index is 11.3. The first-order chi connectivity index (χ1) is 8.08. The Kier molecular flexibility index (Phi) is 5.73. The lowest BCUT2D eigenvalue weighted by Gasteiger charge is -2.22. The minimum atomic E-state index is -4.90. The number of carbonyl (C=O) groups excluding carboxylic acids is 2. The van der Waals surface area contributed by atoms with Crippen LogP contribution >= 0.6 is 0 Å². The van der Waals surface area contributed by atoms with Crippen molar-refractivity contribution in [1.29, 1.82) is 0 Å². The lowest BCUT2D eigenvalue weighted by molar-refractivity contribution is -0.130. The first kappa shape index (κ1) is 16.3. The van der Waals surface area contributed by atoms with Gasteiger partial charge in [-0.15, -0.1) is 0 Å². The molecule has 0 rings (SSSR count). The molecule has 1 amide bonds. The topological polar surface area (TPSA) is 110 Å². The lowest BCUT2D eigenvalue weighted by Crippen LogP contribution is -2.41.